The SMILES string of the molecule is CC(NC(N)=O)C(=O)NNC(=O)COc1ccc(C#N)cc1. The lowest BCUT2D eigenvalue weighted by molar-refractivity contribution is -0.130. The Morgan fingerprint density at radius 3 is 2.45 bits per heavy atom. The molecule has 0 saturated heterocycles. The van der Waals surface area contributed by atoms with Crippen LogP contribution in [0.15, 0.2) is 24.3 Å². The van der Waals surface area contributed by atoms with Crippen LogP contribution in [0.2, 0.25) is 0 Å². The summed E-state index contributed by atoms with van der Waals surface area (Å²) in [5, 5.41) is 10.8. The maximum absolute atomic E-state index is 11.5. The number of hydrazine groups is 1. The molecule has 1 rings (SSSR count). The minimum absolute atomic E-state index is 0.330. The van der Waals surface area contributed by atoms with E-state index in [1.165, 1.54) is 6.92 Å². The molecule has 1 atom stereocenters. The van der Waals surface area contributed by atoms with Crippen molar-refractivity contribution in [2.45, 2.75) is 13.0 Å². The molecule has 0 aliphatic carbocycles. The van der Waals surface area contributed by atoms with Crippen LogP contribution in [0.1, 0.15) is 12.5 Å². The first-order chi connectivity index (χ1) is 10.4. The summed E-state index contributed by atoms with van der Waals surface area (Å²) in [4.78, 5) is 33.5. The van der Waals surface area contributed by atoms with Crippen LogP contribution in [0, 0.1) is 11.3 Å². The van der Waals surface area contributed by atoms with Crippen LogP contribution < -0.4 is 26.6 Å². The van der Waals surface area contributed by atoms with Crippen LogP contribution in [0.5, 0.6) is 5.75 Å². The molecule has 9 nitrogen and oxygen atoms in total. The van der Waals surface area contributed by atoms with Gasteiger partial charge >= 0.3 is 6.03 Å². The Hall–Kier alpha value is -3.28. The first kappa shape index (κ1) is 16.8. The van der Waals surface area contributed by atoms with E-state index in [1.54, 1.807) is 24.3 Å². The number of nitrogens with one attached hydrogen (secondary N) is 3. The molecular weight excluding hydrogens is 290 g/mol. The number of rotatable bonds is 5. The Morgan fingerprint density at radius 1 is 1.27 bits per heavy atom. The van der Waals surface area contributed by atoms with Crippen LogP contribution in [0.4, 0.5) is 4.79 Å². The minimum atomic E-state index is -0.891. The number of primary amides is 1. The van der Waals surface area contributed by atoms with Crippen LogP contribution in [0.25, 0.3) is 0 Å². The highest BCUT2D eigenvalue weighted by molar-refractivity contribution is 5.88. The van der Waals surface area contributed by atoms with Gasteiger partial charge in [0.1, 0.15) is 11.8 Å². The molecule has 1 aromatic rings. The monoisotopic (exact) mass is 305 g/mol. The van der Waals surface area contributed by atoms with E-state index in [9.17, 15) is 14.4 Å². The molecule has 9 heteroatoms. The van der Waals surface area contributed by atoms with E-state index in [0.717, 1.165) is 0 Å². The average Bonchev–Trinajstić information content (AvgIpc) is 2.50. The van der Waals surface area contributed by atoms with Gasteiger partial charge in [-0.15, -0.1) is 0 Å². The highest BCUT2D eigenvalue weighted by Gasteiger charge is 2.14. The fraction of sp³-hybridized carbons (Fsp3) is 0.231. The number of hydrogen-bond acceptors (Lipinski definition) is 5. The molecule has 0 saturated carbocycles. The molecule has 116 valence electrons. The number of hydrogen-bond donors (Lipinski definition) is 4. The lowest BCUT2D eigenvalue weighted by Gasteiger charge is -2.13. The van der Waals surface area contributed by atoms with Crippen molar-refractivity contribution in [2.75, 3.05) is 6.61 Å². The number of ether oxygens (including phenoxy) is 1. The van der Waals surface area contributed by atoms with Crippen LogP contribution >= 0.6 is 0 Å². The van der Waals surface area contributed by atoms with E-state index in [-0.39, 0.29) is 6.61 Å². The van der Waals surface area contributed by atoms with Gasteiger partial charge in [-0.3, -0.25) is 20.4 Å². The Balaban J connectivity index is 2.32. The Kier molecular flexibility index (Phi) is 6.18. The minimum Gasteiger partial charge on any atom is -0.484 e. The maximum atomic E-state index is 11.5. The summed E-state index contributed by atoms with van der Waals surface area (Å²) >= 11 is 0. The van der Waals surface area contributed by atoms with Crippen LogP contribution in [0.3, 0.4) is 0 Å². The predicted octanol–water partition coefficient (Wildman–Crippen LogP) is -0.859. The molecule has 22 heavy (non-hydrogen) atoms. The standard InChI is InChI=1S/C13H15N5O4/c1-8(16-13(15)21)12(20)18-17-11(19)7-22-10-4-2-9(6-14)3-5-10/h2-5,8H,7H2,1H3,(H,17,19)(H,18,20)(H3,15,16,21). The molecule has 0 spiro atoms. The summed E-state index contributed by atoms with van der Waals surface area (Å²) in [5.41, 5.74) is 9.57. The molecule has 0 aliphatic rings. The molecule has 0 bridgehead atoms. The Bertz CT molecular complexity index is 593. The summed E-state index contributed by atoms with van der Waals surface area (Å²) < 4.78 is 5.16. The molecule has 0 radical (unpaired) electrons. The van der Waals surface area contributed by atoms with E-state index in [2.05, 4.69) is 16.2 Å². The zero-order valence-electron chi connectivity index (χ0n) is 11.8. The molecule has 1 unspecified atom stereocenters. The fourth-order valence-electron chi connectivity index (χ4n) is 1.33. The molecule has 1 aromatic carbocycles. The van der Waals surface area contributed by atoms with Crippen LogP contribution in [-0.4, -0.2) is 30.5 Å². The molecule has 5 N–H and O–H groups in total. The molecule has 0 heterocycles. The average molecular weight is 305 g/mol. The van der Waals surface area contributed by atoms with Crippen molar-refractivity contribution in [2.24, 2.45) is 5.73 Å². The number of benzene rings is 1. The molecule has 0 aliphatic heterocycles. The predicted molar refractivity (Wildman–Crippen MR) is 75.1 cm³/mol. The van der Waals surface area contributed by atoms with Gasteiger partial charge in [-0.25, -0.2) is 4.79 Å². The third-order valence-electron chi connectivity index (χ3n) is 2.43. The molecule has 4 amide bonds. The van der Waals surface area contributed by atoms with Crippen molar-refractivity contribution in [1.82, 2.24) is 16.2 Å². The Labute approximate surface area is 126 Å². The summed E-state index contributed by atoms with van der Waals surface area (Å²) in [6, 6.07) is 6.40. The number of nitrogens with two attached hydrogens (primary N) is 1. The summed E-state index contributed by atoms with van der Waals surface area (Å²) in [5.74, 6) is -0.821. The van der Waals surface area contributed by atoms with Crippen LogP contribution in [-0.2, 0) is 9.59 Å². The second-order valence-corrected chi connectivity index (χ2v) is 4.19. The van der Waals surface area contributed by atoms with Crippen molar-refractivity contribution in [3.05, 3.63) is 29.8 Å². The van der Waals surface area contributed by atoms with Gasteiger partial charge in [0.05, 0.1) is 11.6 Å². The molecule has 0 fully saturated rings. The second kappa shape index (κ2) is 8.11. The summed E-state index contributed by atoms with van der Waals surface area (Å²) in [6.45, 7) is 1.07. The zero-order valence-corrected chi connectivity index (χ0v) is 11.8. The number of carbonyl (C=O) groups is 3. The van der Waals surface area contributed by atoms with Gasteiger partial charge in [-0.05, 0) is 31.2 Å². The lowest BCUT2D eigenvalue weighted by atomic mass is 10.2. The number of nitrogens with zero attached hydrogens (tertiary/aromatic N) is 1. The zero-order chi connectivity index (χ0) is 16.5. The molecular formula is C13H15N5O4. The van der Waals surface area contributed by atoms with Crippen molar-refractivity contribution >= 4 is 17.8 Å². The highest BCUT2D eigenvalue weighted by atomic mass is 16.5. The van der Waals surface area contributed by atoms with Crippen molar-refractivity contribution in [3.8, 4) is 11.8 Å². The van der Waals surface area contributed by atoms with E-state index in [4.69, 9.17) is 15.7 Å². The Morgan fingerprint density at radius 2 is 1.91 bits per heavy atom. The van der Waals surface area contributed by atoms with Gasteiger partial charge in [0.2, 0.25) is 0 Å². The number of amides is 4. The van der Waals surface area contributed by atoms with E-state index in [1.807, 2.05) is 6.07 Å². The fourth-order valence-corrected chi connectivity index (χ4v) is 1.33. The number of urea groups is 1. The van der Waals surface area contributed by atoms with E-state index >= 15 is 0 Å². The summed E-state index contributed by atoms with van der Waals surface area (Å²) in [7, 11) is 0. The smallest absolute Gasteiger partial charge is 0.312 e. The maximum Gasteiger partial charge on any atom is 0.312 e. The van der Waals surface area contributed by atoms with Crippen molar-refractivity contribution in [3.63, 3.8) is 0 Å². The van der Waals surface area contributed by atoms with Crippen molar-refractivity contribution in [1.29, 1.82) is 5.26 Å². The van der Waals surface area contributed by atoms with Crippen molar-refractivity contribution < 1.29 is 19.1 Å². The third-order valence-corrected chi connectivity index (χ3v) is 2.43. The topological polar surface area (TPSA) is 146 Å². The third kappa shape index (κ3) is 5.79. The van der Waals surface area contributed by atoms with Gasteiger partial charge in [-0.1, -0.05) is 0 Å². The second-order valence-electron chi connectivity index (χ2n) is 4.19. The number of nitriles is 1. The first-order valence-electron chi connectivity index (χ1n) is 6.20. The van der Waals surface area contributed by atoms with Gasteiger partial charge in [0, 0.05) is 0 Å². The van der Waals surface area contributed by atoms with Gasteiger partial charge in [0.15, 0.2) is 6.61 Å². The highest BCUT2D eigenvalue weighted by Crippen LogP contribution is 2.10. The van der Waals surface area contributed by atoms with E-state index < -0.39 is 23.9 Å². The van der Waals surface area contributed by atoms with Gasteiger partial charge < -0.3 is 15.8 Å². The molecule has 0 aromatic heterocycles. The number of carbonyl (C=O) groups excluding carboxylic acids is 3. The van der Waals surface area contributed by atoms with Gasteiger partial charge in [-0.2, -0.15) is 5.26 Å². The lowest BCUT2D eigenvalue weighted by Crippen LogP contribution is -2.52. The largest absolute Gasteiger partial charge is 0.484 e. The van der Waals surface area contributed by atoms with E-state index in [0.29, 0.717) is 11.3 Å². The summed E-state index contributed by atoms with van der Waals surface area (Å²) in [6.07, 6.45) is 0. The first-order valence-corrected chi connectivity index (χ1v) is 6.20. The quantitative estimate of drug-likeness (QED) is 0.523. The van der Waals surface area contributed by atoms with Gasteiger partial charge in [0.25, 0.3) is 11.8 Å². The normalized spacial score (nSPS) is 10.7.